The zero-order valence-electron chi connectivity index (χ0n) is 13.5. The summed E-state index contributed by atoms with van der Waals surface area (Å²) in [6, 6.07) is 20.7. The van der Waals surface area contributed by atoms with Gasteiger partial charge in [-0.1, -0.05) is 54.6 Å². The second-order valence-corrected chi connectivity index (χ2v) is 6.88. The average Bonchev–Trinajstić information content (AvgIpc) is 2.62. The molecule has 0 radical (unpaired) electrons. The van der Waals surface area contributed by atoms with Crippen molar-refractivity contribution in [3.05, 3.63) is 89.0 Å². The number of nitro benzene ring substituents is 1. The fourth-order valence-electron chi connectivity index (χ4n) is 2.76. The van der Waals surface area contributed by atoms with E-state index in [1.54, 1.807) is 48.5 Å². The molecule has 0 spiro atoms. The van der Waals surface area contributed by atoms with Crippen LogP contribution < -0.4 is 4.67 Å². The maximum Gasteiger partial charge on any atom is 0.434 e. The molecule has 3 aromatic rings. The number of nitro groups is 1. The summed E-state index contributed by atoms with van der Waals surface area (Å²) >= 11 is 0. The first-order valence-electron chi connectivity index (χ1n) is 7.63. The molecule has 8 heteroatoms. The minimum Gasteiger partial charge on any atom is -0.308 e. The van der Waals surface area contributed by atoms with Crippen molar-refractivity contribution >= 4 is 24.8 Å². The van der Waals surface area contributed by atoms with Crippen molar-refractivity contribution in [2.45, 2.75) is 0 Å². The molecule has 0 amide bonds. The fraction of sp³-hybridized carbons (Fsp3) is 0. The second-order valence-electron chi connectivity index (χ2n) is 5.46. The lowest BCUT2D eigenvalue weighted by Crippen LogP contribution is -2.14. The Morgan fingerprint density at radius 3 is 1.96 bits per heavy atom. The normalized spacial score (nSPS) is 11.2. The summed E-state index contributed by atoms with van der Waals surface area (Å²) in [5.41, 5.74) is 0.695. The molecule has 0 saturated carbocycles. The Kier molecular flexibility index (Phi) is 4.86. The predicted octanol–water partition coefficient (Wildman–Crippen LogP) is 4.49. The zero-order chi connectivity index (χ0) is 18.7. The van der Waals surface area contributed by atoms with Gasteiger partial charge in [-0.05, 0) is 23.8 Å². The summed E-state index contributed by atoms with van der Waals surface area (Å²) in [6.45, 7) is 0. The largest absolute Gasteiger partial charge is 0.434 e. The van der Waals surface area contributed by atoms with Gasteiger partial charge in [-0.2, -0.15) is 0 Å². The molecule has 0 saturated heterocycles. The van der Waals surface area contributed by atoms with Gasteiger partial charge in [-0.3, -0.25) is 10.1 Å². The van der Waals surface area contributed by atoms with Crippen LogP contribution in [0.5, 0.6) is 0 Å². The third-order valence-corrected chi connectivity index (χ3v) is 4.74. The lowest BCUT2D eigenvalue weighted by molar-refractivity contribution is -0.384. The third-order valence-electron chi connectivity index (χ3n) is 3.77. The molecule has 0 unspecified atom stereocenters. The average molecular weight is 370 g/mol. The maximum absolute atomic E-state index is 12.2. The van der Waals surface area contributed by atoms with E-state index in [1.807, 2.05) is 0 Å². The van der Waals surface area contributed by atoms with E-state index in [4.69, 9.17) is 0 Å². The molecule has 0 aliphatic carbocycles. The van der Waals surface area contributed by atoms with Crippen molar-refractivity contribution in [3.8, 4) is 11.1 Å². The van der Waals surface area contributed by atoms with Crippen LogP contribution in [-0.2, 0) is 4.57 Å². The SMILES string of the molecule is O=[N+]([O-])c1cccc(N(c2ccccc2)P(=O)(O)O)c1-c1ccccc1. The monoisotopic (exact) mass is 370 g/mol. The molecule has 0 fully saturated rings. The molecule has 0 bridgehead atoms. The number of nitrogens with zero attached hydrogens (tertiary/aromatic N) is 2. The fourth-order valence-corrected chi connectivity index (χ4v) is 3.64. The summed E-state index contributed by atoms with van der Waals surface area (Å²) < 4.78 is 13.1. The molecule has 3 rings (SSSR count). The lowest BCUT2D eigenvalue weighted by Gasteiger charge is -2.27. The smallest absolute Gasteiger partial charge is 0.308 e. The van der Waals surface area contributed by atoms with E-state index in [1.165, 1.54) is 30.3 Å². The van der Waals surface area contributed by atoms with Crippen LogP contribution in [0.25, 0.3) is 11.1 Å². The summed E-state index contributed by atoms with van der Waals surface area (Å²) in [7, 11) is -4.81. The highest BCUT2D eigenvalue weighted by Gasteiger charge is 2.32. The summed E-state index contributed by atoms with van der Waals surface area (Å²) in [5, 5.41) is 11.5. The molecule has 0 aliphatic rings. The summed E-state index contributed by atoms with van der Waals surface area (Å²) in [4.78, 5) is 30.9. The number of rotatable bonds is 5. The van der Waals surface area contributed by atoms with Crippen molar-refractivity contribution in [2.75, 3.05) is 4.67 Å². The Labute approximate surface area is 149 Å². The first-order valence-corrected chi connectivity index (χ1v) is 9.20. The van der Waals surface area contributed by atoms with Crippen LogP contribution in [0.2, 0.25) is 0 Å². The standard InChI is InChI=1S/C18H15N2O5P/c21-20(22)17-13-7-12-16(18(17)14-8-3-1-4-9-14)19(26(23,24)25)15-10-5-2-6-11-15/h1-13H,(H2,23,24,25). The Morgan fingerprint density at radius 2 is 1.42 bits per heavy atom. The quantitative estimate of drug-likeness (QED) is 0.389. The summed E-state index contributed by atoms with van der Waals surface area (Å²) in [6.07, 6.45) is 0. The van der Waals surface area contributed by atoms with E-state index in [0.29, 0.717) is 5.56 Å². The molecule has 0 aliphatic heterocycles. The van der Waals surface area contributed by atoms with Crippen molar-refractivity contribution in [1.29, 1.82) is 0 Å². The molecule has 0 heterocycles. The molecule has 132 valence electrons. The maximum atomic E-state index is 12.2. The van der Waals surface area contributed by atoms with Crippen LogP contribution in [0.1, 0.15) is 0 Å². The predicted molar refractivity (Wildman–Crippen MR) is 99.2 cm³/mol. The van der Waals surface area contributed by atoms with Crippen LogP contribution in [-0.4, -0.2) is 14.7 Å². The molecule has 26 heavy (non-hydrogen) atoms. The Morgan fingerprint density at radius 1 is 0.846 bits per heavy atom. The van der Waals surface area contributed by atoms with Crippen LogP contribution in [0, 0.1) is 10.1 Å². The lowest BCUT2D eigenvalue weighted by atomic mass is 10.0. The van der Waals surface area contributed by atoms with Crippen LogP contribution in [0.15, 0.2) is 78.9 Å². The van der Waals surface area contributed by atoms with Gasteiger partial charge in [0.1, 0.15) is 0 Å². The highest BCUT2D eigenvalue weighted by atomic mass is 31.2. The van der Waals surface area contributed by atoms with Crippen molar-refractivity contribution in [2.24, 2.45) is 0 Å². The van der Waals surface area contributed by atoms with Gasteiger partial charge >= 0.3 is 7.75 Å². The van der Waals surface area contributed by atoms with E-state index in [-0.39, 0.29) is 22.6 Å². The number of hydrogen-bond acceptors (Lipinski definition) is 3. The molecule has 0 atom stereocenters. The third kappa shape index (κ3) is 3.50. The van der Waals surface area contributed by atoms with E-state index in [9.17, 15) is 24.5 Å². The van der Waals surface area contributed by atoms with Gasteiger partial charge in [-0.15, -0.1) is 0 Å². The minimum atomic E-state index is -4.81. The van der Waals surface area contributed by atoms with E-state index in [0.717, 1.165) is 4.67 Å². The molecule has 2 N–H and O–H groups in total. The number of benzene rings is 3. The van der Waals surface area contributed by atoms with Crippen LogP contribution in [0.4, 0.5) is 17.1 Å². The van der Waals surface area contributed by atoms with Gasteiger partial charge in [-0.25, -0.2) is 9.24 Å². The number of anilines is 2. The van der Waals surface area contributed by atoms with E-state index < -0.39 is 12.7 Å². The number of hydrogen-bond donors (Lipinski definition) is 2. The van der Waals surface area contributed by atoms with E-state index in [2.05, 4.69) is 0 Å². The van der Waals surface area contributed by atoms with Crippen molar-refractivity contribution < 1.29 is 19.3 Å². The minimum absolute atomic E-state index is 0.0601. The second kappa shape index (κ2) is 7.09. The van der Waals surface area contributed by atoms with Crippen LogP contribution >= 0.6 is 7.75 Å². The highest BCUT2D eigenvalue weighted by molar-refractivity contribution is 7.54. The van der Waals surface area contributed by atoms with Gasteiger partial charge in [0.15, 0.2) is 0 Å². The number of para-hydroxylation sites is 1. The topological polar surface area (TPSA) is 104 Å². The Bertz CT molecular complexity index is 973. The molecule has 3 aromatic carbocycles. The molecular formula is C18H15N2O5P. The first kappa shape index (κ1) is 17.8. The van der Waals surface area contributed by atoms with Gasteiger partial charge < -0.3 is 9.79 Å². The van der Waals surface area contributed by atoms with Gasteiger partial charge in [0, 0.05) is 6.07 Å². The van der Waals surface area contributed by atoms with Gasteiger partial charge in [0.05, 0.1) is 21.9 Å². The summed E-state index contributed by atoms with van der Waals surface area (Å²) in [5.74, 6) is 0. The van der Waals surface area contributed by atoms with Crippen molar-refractivity contribution in [3.63, 3.8) is 0 Å². The van der Waals surface area contributed by atoms with Gasteiger partial charge in [0.2, 0.25) is 0 Å². The Hall–Kier alpha value is -2.99. The molecule has 7 nitrogen and oxygen atoms in total. The van der Waals surface area contributed by atoms with Crippen molar-refractivity contribution in [1.82, 2.24) is 0 Å². The van der Waals surface area contributed by atoms with Gasteiger partial charge in [0.25, 0.3) is 5.69 Å². The van der Waals surface area contributed by atoms with E-state index >= 15 is 0 Å². The van der Waals surface area contributed by atoms with Crippen LogP contribution in [0.3, 0.4) is 0 Å². The highest BCUT2D eigenvalue weighted by Crippen LogP contribution is 2.53. The zero-order valence-corrected chi connectivity index (χ0v) is 14.4. The molecular weight excluding hydrogens is 355 g/mol. The Balaban J connectivity index is 2.34. The molecule has 0 aromatic heterocycles. The first-order chi connectivity index (χ1) is 12.4.